The first-order chi connectivity index (χ1) is 7.90. The van der Waals surface area contributed by atoms with E-state index in [0.29, 0.717) is 26.0 Å². The Kier molecular flexibility index (Phi) is 4.91. The van der Waals surface area contributed by atoms with Gasteiger partial charge < -0.3 is 9.84 Å². The van der Waals surface area contributed by atoms with Gasteiger partial charge in [-0.1, -0.05) is 0 Å². The lowest BCUT2D eigenvalue weighted by molar-refractivity contribution is -0.142. The number of ether oxygens (including phenoxy) is 1. The number of carbonyl (C=O) groups is 1. The zero-order valence-corrected chi connectivity index (χ0v) is 10.9. The highest BCUT2D eigenvalue weighted by Gasteiger charge is 2.41. The Bertz CT molecular complexity index is 367. The van der Waals surface area contributed by atoms with Crippen LogP contribution < -0.4 is 0 Å². The maximum Gasteiger partial charge on any atom is 0.308 e. The summed E-state index contributed by atoms with van der Waals surface area (Å²) < 4.78 is 30.0. The molecule has 1 aliphatic rings. The van der Waals surface area contributed by atoms with Crippen LogP contribution in [0.15, 0.2) is 0 Å². The third-order valence-corrected chi connectivity index (χ3v) is 5.16. The molecule has 7 heteroatoms. The van der Waals surface area contributed by atoms with Crippen LogP contribution in [0.1, 0.15) is 19.8 Å². The molecule has 1 saturated heterocycles. The number of methoxy groups -OCH3 is 1. The fourth-order valence-electron chi connectivity index (χ4n) is 2.14. The van der Waals surface area contributed by atoms with Crippen LogP contribution in [0.25, 0.3) is 0 Å². The molecule has 0 saturated carbocycles. The topological polar surface area (TPSA) is 83.9 Å². The summed E-state index contributed by atoms with van der Waals surface area (Å²) in [6.07, 6.45) is 0.819. The lowest BCUT2D eigenvalue weighted by Gasteiger charge is -2.22. The predicted octanol–water partition coefficient (Wildman–Crippen LogP) is 0.148. The van der Waals surface area contributed by atoms with Gasteiger partial charge in [0.1, 0.15) is 0 Å². The van der Waals surface area contributed by atoms with E-state index in [0.717, 1.165) is 0 Å². The van der Waals surface area contributed by atoms with Crippen molar-refractivity contribution in [2.45, 2.75) is 25.8 Å². The van der Waals surface area contributed by atoms with Gasteiger partial charge in [-0.25, -0.2) is 8.42 Å². The van der Waals surface area contributed by atoms with Crippen LogP contribution in [-0.2, 0) is 19.6 Å². The van der Waals surface area contributed by atoms with Crippen molar-refractivity contribution in [2.75, 3.05) is 26.0 Å². The second-order valence-corrected chi connectivity index (χ2v) is 6.29. The fourth-order valence-corrected chi connectivity index (χ4v) is 3.89. The van der Waals surface area contributed by atoms with Gasteiger partial charge in [0.15, 0.2) is 0 Å². The normalized spacial score (nSPS) is 26.2. The number of aliphatic carboxylic acids is 1. The second-order valence-electron chi connectivity index (χ2n) is 4.25. The lowest BCUT2D eigenvalue weighted by atomic mass is 10.0. The summed E-state index contributed by atoms with van der Waals surface area (Å²) in [5.41, 5.74) is 0. The van der Waals surface area contributed by atoms with E-state index in [2.05, 4.69) is 0 Å². The van der Waals surface area contributed by atoms with Crippen LogP contribution in [0.5, 0.6) is 0 Å². The third-order valence-electron chi connectivity index (χ3n) is 3.12. The number of nitrogens with zero attached hydrogens (tertiary/aromatic N) is 1. The number of carboxylic acids is 1. The van der Waals surface area contributed by atoms with E-state index in [4.69, 9.17) is 9.84 Å². The van der Waals surface area contributed by atoms with E-state index in [1.165, 1.54) is 11.4 Å². The van der Waals surface area contributed by atoms with Crippen LogP contribution in [-0.4, -0.2) is 55.9 Å². The van der Waals surface area contributed by atoms with Crippen molar-refractivity contribution in [3.05, 3.63) is 0 Å². The molecule has 0 aromatic rings. The zero-order valence-electron chi connectivity index (χ0n) is 10.1. The van der Waals surface area contributed by atoms with Gasteiger partial charge in [0.05, 0.1) is 11.7 Å². The fraction of sp³-hybridized carbons (Fsp3) is 0.900. The largest absolute Gasteiger partial charge is 0.481 e. The maximum atomic E-state index is 12.0. The van der Waals surface area contributed by atoms with Crippen molar-refractivity contribution in [1.82, 2.24) is 4.31 Å². The highest BCUT2D eigenvalue weighted by molar-refractivity contribution is 7.89. The van der Waals surface area contributed by atoms with Crippen LogP contribution in [0.4, 0.5) is 0 Å². The smallest absolute Gasteiger partial charge is 0.308 e. The van der Waals surface area contributed by atoms with Gasteiger partial charge in [-0.2, -0.15) is 4.31 Å². The zero-order chi connectivity index (χ0) is 13.1. The molecular formula is C10H19NO5S. The molecule has 1 rings (SSSR count). The Morgan fingerprint density at radius 3 is 2.65 bits per heavy atom. The first kappa shape index (κ1) is 14.4. The number of hydrogen-bond acceptors (Lipinski definition) is 4. The minimum atomic E-state index is -3.36. The summed E-state index contributed by atoms with van der Waals surface area (Å²) in [7, 11) is -1.84. The molecule has 17 heavy (non-hydrogen) atoms. The van der Waals surface area contributed by atoms with Crippen molar-refractivity contribution in [2.24, 2.45) is 5.92 Å². The van der Waals surface area contributed by atoms with Gasteiger partial charge in [0.2, 0.25) is 10.0 Å². The molecule has 0 amide bonds. The Morgan fingerprint density at radius 1 is 1.53 bits per heavy atom. The molecule has 1 N–H and O–H groups in total. The van der Waals surface area contributed by atoms with Gasteiger partial charge in [0.25, 0.3) is 0 Å². The standard InChI is InChI=1S/C10H19NO5S/c1-8-9(10(12)13)4-5-11(8)17(14,15)7-3-6-16-2/h8-9H,3-7H2,1-2H3,(H,12,13). The summed E-state index contributed by atoms with van der Waals surface area (Å²) in [5.74, 6) is -1.50. The molecule has 0 spiro atoms. The first-order valence-electron chi connectivity index (χ1n) is 5.61. The number of hydrogen-bond donors (Lipinski definition) is 1. The van der Waals surface area contributed by atoms with Gasteiger partial charge >= 0.3 is 5.97 Å². The first-order valence-corrected chi connectivity index (χ1v) is 7.22. The van der Waals surface area contributed by atoms with Gasteiger partial charge in [-0.05, 0) is 19.8 Å². The molecule has 2 unspecified atom stereocenters. The van der Waals surface area contributed by atoms with E-state index < -0.39 is 28.0 Å². The maximum absolute atomic E-state index is 12.0. The summed E-state index contributed by atoms with van der Waals surface area (Å²) in [5, 5.41) is 8.94. The highest BCUT2D eigenvalue weighted by atomic mass is 32.2. The molecule has 100 valence electrons. The van der Waals surface area contributed by atoms with E-state index in [1.54, 1.807) is 6.92 Å². The van der Waals surface area contributed by atoms with Crippen LogP contribution in [0.3, 0.4) is 0 Å². The van der Waals surface area contributed by atoms with Crippen LogP contribution in [0.2, 0.25) is 0 Å². The Labute approximate surface area is 102 Å². The van der Waals surface area contributed by atoms with E-state index >= 15 is 0 Å². The number of sulfonamides is 1. The molecular weight excluding hydrogens is 246 g/mol. The van der Waals surface area contributed by atoms with E-state index in [-0.39, 0.29) is 5.75 Å². The average Bonchev–Trinajstić information content (AvgIpc) is 2.61. The summed E-state index contributed by atoms with van der Waals surface area (Å²) in [6, 6.07) is -0.458. The molecule has 0 aromatic carbocycles. The minimum absolute atomic E-state index is 0.0114. The van der Waals surface area contributed by atoms with Crippen molar-refractivity contribution in [3.63, 3.8) is 0 Å². The Hall–Kier alpha value is -0.660. The molecule has 0 aromatic heterocycles. The lowest BCUT2D eigenvalue weighted by Crippen LogP contribution is -2.39. The van der Waals surface area contributed by atoms with Gasteiger partial charge in [0, 0.05) is 26.3 Å². The van der Waals surface area contributed by atoms with Gasteiger partial charge in [-0.3, -0.25) is 4.79 Å². The summed E-state index contributed by atoms with van der Waals surface area (Å²) in [4.78, 5) is 10.9. The van der Waals surface area contributed by atoms with E-state index in [9.17, 15) is 13.2 Å². The third kappa shape index (κ3) is 3.40. The highest BCUT2D eigenvalue weighted by Crippen LogP contribution is 2.27. The van der Waals surface area contributed by atoms with Gasteiger partial charge in [-0.15, -0.1) is 0 Å². The van der Waals surface area contributed by atoms with E-state index in [1.807, 2.05) is 0 Å². The molecule has 6 nitrogen and oxygen atoms in total. The van der Waals surface area contributed by atoms with Crippen LogP contribution >= 0.6 is 0 Å². The Morgan fingerprint density at radius 2 is 2.18 bits per heavy atom. The number of rotatable bonds is 6. The molecule has 0 aliphatic carbocycles. The quantitative estimate of drug-likeness (QED) is 0.691. The number of carboxylic acid groups (broad SMARTS) is 1. The van der Waals surface area contributed by atoms with Crippen molar-refractivity contribution >= 4 is 16.0 Å². The molecule has 1 aliphatic heterocycles. The molecule has 1 fully saturated rings. The van der Waals surface area contributed by atoms with Crippen molar-refractivity contribution < 1.29 is 23.1 Å². The summed E-state index contributed by atoms with van der Waals surface area (Å²) >= 11 is 0. The second kappa shape index (κ2) is 5.79. The predicted molar refractivity (Wildman–Crippen MR) is 62.2 cm³/mol. The minimum Gasteiger partial charge on any atom is -0.481 e. The van der Waals surface area contributed by atoms with Crippen molar-refractivity contribution in [3.8, 4) is 0 Å². The molecule has 1 heterocycles. The monoisotopic (exact) mass is 265 g/mol. The molecule has 0 radical (unpaired) electrons. The molecule has 0 bridgehead atoms. The van der Waals surface area contributed by atoms with Crippen molar-refractivity contribution in [1.29, 1.82) is 0 Å². The Balaban J connectivity index is 2.64. The average molecular weight is 265 g/mol. The molecule has 2 atom stereocenters. The van der Waals surface area contributed by atoms with Crippen LogP contribution in [0, 0.1) is 5.92 Å². The SMILES string of the molecule is COCCCS(=O)(=O)N1CCC(C(=O)O)C1C. The summed E-state index contributed by atoms with van der Waals surface area (Å²) in [6.45, 7) is 2.34.